The lowest BCUT2D eigenvalue weighted by molar-refractivity contribution is -0.141. The van der Waals surface area contributed by atoms with E-state index >= 15 is 0 Å². The summed E-state index contributed by atoms with van der Waals surface area (Å²) >= 11 is 0. The lowest BCUT2D eigenvalue weighted by atomic mass is 9.96. The van der Waals surface area contributed by atoms with Crippen molar-refractivity contribution in [2.45, 2.75) is 32.2 Å². The fourth-order valence-corrected chi connectivity index (χ4v) is 4.12. The number of carbonyl (C=O) groups is 2. The van der Waals surface area contributed by atoms with Gasteiger partial charge >= 0.3 is 5.97 Å². The van der Waals surface area contributed by atoms with E-state index in [4.69, 9.17) is 9.84 Å². The maximum absolute atomic E-state index is 12.9. The Bertz CT molecular complexity index is 1150. The first-order valence-electron chi connectivity index (χ1n) is 10.1. The van der Waals surface area contributed by atoms with Gasteiger partial charge in [-0.2, -0.15) is 5.10 Å². The van der Waals surface area contributed by atoms with Gasteiger partial charge in [0.05, 0.1) is 36.7 Å². The number of ether oxygens (including phenoxy) is 1. The number of sulfonamides is 1. The fourth-order valence-electron chi connectivity index (χ4n) is 3.54. The van der Waals surface area contributed by atoms with Crippen molar-refractivity contribution in [2.75, 3.05) is 17.6 Å². The van der Waals surface area contributed by atoms with Crippen LogP contribution in [-0.2, 0) is 19.6 Å². The zero-order valence-corrected chi connectivity index (χ0v) is 18.6. The molecule has 0 saturated carbocycles. The quantitative estimate of drug-likeness (QED) is 0.594. The number of carboxylic acid groups (broad SMARTS) is 1. The van der Waals surface area contributed by atoms with Crippen molar-refractivity contribution in [2.24, 2.45) is 5.10 Å². The Hall–Kier alpha value is -3.40. The Kier molecular flexibility index (Phi) is 7.14. The standard InChI is InChI=1S/C22H25N3O6S/c1-3-31-20-11-7-5-9-16(20)19-14-18(23-25(19)21(26)12-13-22(27)28)15-8-4-6-10-17(15)24-32(2,29)30/h4-11,19,24H,3,12-14H2,1-2H3,(H,27,28)/t19-/m0/s1. The van der Waals surface area contributed by atoms with E-state index in [1.807, 2.05) is 25.1 Å². The van der Waals surface area contributed by atoms with Gasteiger partial charge in [-0.1, -0.05) is 36.4 Å². The van der Waals surface area contributed by atoms with Gasteiger partial charge in [-0.15, -0.1) is 0 Å². The molecule has 0 fully saturated rings. The highest BCUT2D eigenvalue weighted by atomic mass is 32.2. The molecule has 1 aliphatic rings. The molecule has 0 radical (unpaired) electrons. The molecule has 0 aliphatic carbocycles. The predicted molar refractivity (Wildman–Crippen MR) is 120 cm³/mol. The van der Waals surface area contributed by atoms with Crippen molar-refractivity contribution in [3.8, 4) is 5.75 Å². The second-order valence-electron chi connectivity index (χ2n) is 7.29. The van der Waals surface area contributed by atoms with Crippen molar-refractivity contribution in [1.82, 2.24) is 5.01 Å². The Morgan fingerprint density at radius 3 is 2.53 bits per heavy atom. The maximum Gasteiger partial charge on any atom is 0.303 e. The summed E-state index contributed by atoms with van der Waals surface area (Å²) < 4.78 is 31.8. The van der Waals surface area contributed by atoms with Gasteiger partial charge in [0.15, 0.2) is 0 Å². The molecule has 0 spiro atoms. The van der Waals surface area contributed by atoms with Crippen LogP contribution in [0.15, 0.2) is 53.6 Å². The minimum Gasteiger partial charge on any atom is -0.494 e. The number of carboxylic acids is 1. The van der Waals surface area contributed by atoms with E-state index in [2.05, 4.69) is 9.82 Å². The summed E-state index contributed by atoms with van der Waals surface area (Å²) in [7, 11) is -3.53. The largest absolute Gasteiger partial charge is 0.494 e. The van der Waals surface area contributed by atoms with Crippen LogP contribution in [0.5, 0.6) is 5.75 Å². The molecular weight excluding hydrogens is 434 g/mol. The number of para-hydroxylation sites is 2. The zero-order valence-electron chi connectivity index (χ0n) is 17.8. The van der Waals surface area contributed by atoms with Crippen molar-refractivity contribution >= 4 is 33.3 Å². The first-order valence-corrected chi connectivity index (χ1v) is 12.0. The second-order valence-corrected chi connectivity index (χ2v) is 9.04. The van der Waals surface area contributed by atoms with Crippen LogP contribution in [0, 0.1) is 0 Å². The first-order chi connectivity index (χ1) is 15.2. The van der Waals surface area contributed by atoms with Crippen LogP contribution in [0.3, 0.4) is 0 Å². The summed E-state index contributed by atoms with van der Waals surface area (Å²) in [5.41, 5.74) is 2.15. The van der Waals surface area contributed by atoms with Gasteiger partial charge in [0.25, 0.3) is 0 Å². The smallest absolute Gasteiger partial charge is 0.303 e. The number of nitrogens with zero attached hydrogens (tertiary/aromatic N) is 2. The van der Waals surface area contributed by atoms with E-state index in [0.29, 0.717) is 35.7 Å². The molecule has 0 aromatic heterocycles. The van der Waals surface area contributed by atoms with Gasteiger partial charge in [-0.05, 0) is 19.1 Å². The van der Waals surface area contributed by atoms with Gasteiger partial charge in [-0.25, -0.2) is 13.4 Å². The number of carbonyl (C=O) groups excluding carboxylic acids is 1. The third kappa shape index (κ3) is 5.64. The minimum absolute atomic E-state index is 0.206. The summed E-state index contributed by atoms with van der Waals surface area (Å²) in [6.45, 7) is 2.29. The van der Waals surface area contributed by atoms with Gasteiger partial charge in [0.1, 0.15) is 5.75 Å². The average Bonchev–Trinajstić information content (AvgIpc) is 3.17. The third-order valence-electron chi connectivity index (χ3n) is 4.83. The van der Waals surface area contributed by atoms with Gasteiger partial charge in [0, 0.05) is 24.0 Å². The van der Waals surface area contributed by atoms with E-state index in [9.17, 15) is 18.0 Å². The second kappa shape index (κ2) is 9.82. The van der Waals surface area contributed by atoms with Crippen LogP contribution in [0.4, 0.5) is 5.69 Å². The van der Waals surface area contributed by atoms with Crippen LogP contribution in [0.1, 0.15) is 43.4 Å². The van der Waals surface area contributed by atoms with Crippen LogP contribution in [0.2, 0.25) is 0 Å². The monoisotopic (exact) mass is 459 g/mol. The average molecular weight is 460 g/mol. The van der Waals surface area contributed by atoms with Gasteiger partial charge < -0.3 is 9.84 Å². The highest BCUT2D eigenvalue weighted by Gasteiger charge is 2.35. The Morgan fingerprint density at radius 1 is 1.16 bits per heavy atom. The number of anilines is 1. The number of hydrogen-bond donors (Lipinski definition) is 2. The Balaban J connectivity index is 2.02. The van der Waals surface area contributed by atoms with E-state index in [1.165, 1.54) is 5.01 Å². The molecule has 1 aliphatic heterocycles. The van der Waals surface area contributed by atoms with Crippen LogP contribution < -0.4 is 9.46 Å². The van der Waals surface area contributed by atoms with Crippen molar-refractivity contribution in [3.05, 3.63) is 59.7 Å². The molecule has 0 unspecified atom stereocenters. The molecule has 2 aromatic carbocycles. The Morgan fingerprint density at radius 2 is 1.84 bits per heavy atom. The fraction of sp³-hybridized carbons (Fsp3) is 0.318. The molecule has 0 bridgehead atoms. The molecular formula is C22H25N3O6S. The number of hydrazone groups is 1. The van der Waals surface area contributed by atoms with E-state index in [-0.39, 0.29) is 12.8 Å². The molecule has 0 saturated heterocycles. The first kappa shape index (κ1) is 23.3. The van der Waals surface area contributed by atoms with Crippen molar-refractivity contribution in [3.63, 3.8) is 0 Å². The van der Waals surface area contributed by atoms with E-state index in [0.717, 1.165) is 11.8 Å². The number of amides is 1. The number of rotatable bonds is 9. The number of nitrogens with one attached hydrogen (secondary N) is 1. The normalized spacial score (nSPS) is 15.9. The van der Waals surface area contributed by atoms with Crippen LogP contribution in [0.25, 0.3) is 0 Å². The number of hydrogen-bond acceptors (Lipinski definition) is 6. The number of aliphatic carboxylic acids is 1. The lowest BCUT2D eigenvalue weighted by Gasteiger charge is -2.23. The highest BCUT2D eigenvalue weighted by molar-refractivity contribution is 7.92. The molecule has 3 rings (SSSR count). The van der Waals surface area contributed by atoms with Crippen molar-refractivity contribution in [1.29, 1.82) is 0 Å². The molecule has 170 valence electrons. The van der Waals surface area contributed by atoms with E-state index in [1.54, 1.807) is 30.3 Å². The van der Waals surface area contributed by atoms with Gasteiger partial charge in [-0.3, -0.25) is 14.3 Å². The van der Waals surface area contributed by atoms with Crippen LogP contribution in [-0.4, -0.2) is 49.0 Å². The van der Waals surface area contributed by atoms with Crippen LogP contribution >= 0.6 is 0 Å². The minimum atomic E-state index is -3.53. The summed E-state index contributed by atoms with van der Waals surface area (Å²) in [6, 6.07) is 13.6. The molecule has 1 heterocycles. The third-order valence-corrected chi connectivity index (χ3v) is 5.42. The summed E-state index contributed by atoms with van der Waals surface area (Å²) in [5, 5.41) is 14.8. The molecule has 2 N–H and O–H groups in total. The molecule has 1 atom stereocenters. The molecule has 32 heavy (non-hydrogen) atoms. The molecule has 2 aromatic rings. The zero-order chi connectivity index (χ0) is 23.3. The predicted octanol–water partition coefficient (Wildman–Crippen LogP) is 3.00. The number of benzene rings is 2. The lowest BCUT2D eigenvalue weighted by Crippen LogP contribution is -2.27. The van der Waals surface area contributed by atoms with E-state index < -0.39 is 27.9 Å². The molecule has 10 heteroatoms. The highest BCUT2D eigenvalue weighted by Crippen LogP contribution is 2.39. The Labute approximate surface area is 186 Å². The summed E-state index contributed by atoms with van der Waals surface area (Å²) in [4.78, 5) is 23.9. The molecule has 1 amide bonds. The SMILES string of the molecule is CCOc1ccccc1[C@@H]1CC(c2ccccc2NS(C)(=O)=O)=NN1C(=O)CCC(=O)O. The maximum atomic E-state index is 12.9. The van der Waals surface area contributed by atoms with Gasteiger partial charge in [0.2, 0.25) is 15.9 Å². The topological polar surface area (TPSA) is 125 Å². The summed E-state index contributed by atoms with van der Waals surface area (Å²) in [5.74, 6) is -0.905. The molecule has 9 nitrogen and oxygen atoms in total. The van der Waals surface area contributed by atoms with Crippen molar-refractivity contribution < 1.29 is 27.9 Å². The summed E-state index contributed by atoms with van der Waals surface area (Å²) in [6.07, 6.45) is 0.851.